The molecule has 5 rings (SSSR count). The van der Waals surface area contributed by atoms with Gasteiger partial charge >= 0.3 is 0 Å². The Bertz CT molecular complexity index is 1220. The minimum atomic E-state index is 0.0282. The lowest BCUT2D eigenvalue weighted by molar-refractivity contribution is -0.117. The normalized spacial score (nSPS) is 16.2. The maximum Gasteiger partial charge on any atom is 0.227 e. The molecular formula is C25H22ClN3O2. The maximum atomic E-state index is 12.8. The van der Waals surface area contributed by atoms with Crippen molar-refractivity contribution >= 4 is 34.2 Å². The summed E-state index contributed by atoms with van der Waals surface area (Å²) in [4.78, 5) is 19.5. The van der Waals surface area contributed by atoms with E-state index in [0.717, 1.165) is 22.5 Å². The summed E-state index contributed by atoms with van der Waals surface area (Å²) in [6.45, 7) is 1.70. The quantitative estimate of drug-likeness (QED) is 0.416. The molecule has 1 aromatic heterocycles. The van der Waals surface area contributed by atoms with Gasteiger partial charge in [-0.25, -0.2) is 4.98 Å². The van der Waals surface area contributed by atoms with Crippen LogP contribution in [0.2, 0.25) is 5.02 Å². The number of rotatable bonds is 6. The van der Waals surface area contributed by atoms with Crippen LogP contribution in [-0.2, 0) is 11.3 Å². The number of imidazole rings is 1. The lowest BCUT2D eigenvalue weighted by Crippen LogP contribution is -2.24. The Morgan fingerprint density at radius 3 is 2.55 bits per heavy atom. The number of anilines is 1. The molecule has 156 valence electrons. The zero-order chi connectivity index (χ0) is 21.2. The number of amides is 1. The molecule has 0 spiro atoms. The molecule has 31 heavy (non-hydrogen) atoms. The molecule has 1 unspecified atom stereocenters. The zero-order valence-corrected chi connectivity index (χ0v) is 17.7. The number of carbonyl (C=O) groups is 1. The third-order valence-corrected chi connectivity index (χ3v) is 5.96. The predicted molar refractivity (Wildman–Crippen MR) is 123 cm³/mol. The van der Waals surface area contributed by atoms with Crippen molar-refractivity contribution in [2.45, 2.75) is 18.9 Å². The molecule has 5 nitrogen and oxygen atoms in total. The Balaban J connectivity index is 1.41. The number of aromatic nitrogens is 2. The fourth-order valence-electron chi connectivity index (χ4n) is 4.19. The highest BCUT2D eigenvalue weighted by Gasteiger charge is 2.34. The third kappa shape index (κ3) is 3.89. The largest absolute Gasteiger partial charge is 0.490 e. The van der Waals surface area contributed by atoms with Crippen LogP contribution in [0.3, 0.4) is 0 Å². The van der Waals surface area contributed by atoms with Gasteiger partial charge in [-0.3, -0.25) is 4.79 Å². The first-order chi connectivity index (χ1) is 15.2. The number of nitrogens with zero attached hydrogens (tertiary/aromatic N) is 3. The lowest BCUT2D eigenvalue weighted by Gasteiger charge is -2.17. The molecule has 0 N–H and O–H groups in total. The van der Waals surface area contributed by atoms with E-state index in [0.29, 0.717) is 36.9 Å². The van der Waals surface area contributed by atoms with E-state index in [2.05, 4.69) is 10.6 Å². The Kier molecular flexibility index (Phi) is 5.35. The number of para-hydroxylation sites is 4. The Hall–Kier alpha value is -3.31. The molecule has 1 saturated heterocycles. The molecule has 3 aromatic carbocycles. The molecule has 0 saturated carbocycles. The molecule has 0 bridgehead atoms. The fourth-order valence-corrected chi connectivity index (χ4v) is 4.38. The zero-order valence-electron chi connectivity index (χ0n) is 16.9. The van der Waals surface area contributed by atoms with Gasteiger partial charge in [0.2, 0.25) is 5.91 Å². The lowest BCUT2D eigenvalue weighted by atomic mass is 10.1. The first-order valence-electron chi connectivity index (χ1n) is 10.4. The van der Waals surface area contributed by atoms with Crippen molar-refractivity contribution in [1.29, 1.82) is 0 Å². The molecule has 1 atom stereocenters. The summed E-state index contributed by atoms with van der Waals surface area (Å²) in [7, 11) is 0. The van der Waals surface area contributed by atoms with Gasteiger partial charge in [0.15, 0.2) is 0 Å². The van der Waals surface area contributed by atoms with Crippen molar-refractivity contribution in [2.75, 3.05) is 18.1 Å². The van der Waals surface area contributed by atoms with Crippen molar-refractivity contribution in [3.63, 3.8) is 0 Å². The van der Waals surface area contributed by atoms with Crippen molar-refractivity contribution in [2.24, 2.45) is 0 Å². The summed E-state index contributed by atoms with van der Waals surface area (Å²) in [5.41, 5.74) is 2.91. The first kappa shape index (κ1) is 19.6. The van der Waals surface area contributed by atoms with Crippen molar-refractivity contribution in [3.05, 3.63) is 89.7 Å². The van der Waals surface area contributed by atoms with Gasteiger partial charge in [0.25, 0.3) is 0 Å². The van der Waals surface area contributed by atoms with Gasteiger partial charge in [0, 0.05) is 24.6 Å². The average molecular weight is 432 g/mol. The van der Waals surface area contributed by atoms with Gasteiger partial charge in [-0.2, -0.15) is 0 Å². The second-order valence-electron chi connectivity index (χ2n) is 7.63. The van der Waals surface area contributed by atoms with Crippen molar-refractivity contribution in [1.82, 2.24) is 9.55 Å². The molecule has 1 aliphatic heterocycles. The summed E-state index contributed by atoms with van der Waals surface area (Å²) in [6.07, 6.45) is 0.448. The molecular weight excluding hydrogens is 410 g/mol. The minimum absolute atomic E-state index is 0.0282. The molecule has 6 heteroatoms. The van der Waals surface area contributed by atoms with E-state index in [1.807, 2.05) is 77.7 Å². The van der Waals surface area contributed by atoms with E-state index >= 15 is 0 Å². The van der Waals surface area contributed by atoms with Gasteiger partial charge in [0.1, 0.15) is 18.2 Å². The Morgan fingerprint density at radius 2 is 1.71 bits per heavy atom. The number of ether oxygens (including phenoxy) is 1. The Morgan fingerprint density at radius 1 is 0.968 bits per heavy atom. The average Bonchev–Trinajstić information content (AvgIpc) is 3.36. The predicted octanol–water partition coefficient (Wildman–Crippen LogP) is 5.29. The van der Waals surface area contributed by atoms with Crippen LogP contribution in [0.15, 0.2) is 78.9 Å². The van der Waals surface area contributed by atoms with E-state index in [1.165, 1.54) is 0 Å². The van der Waals surface area contributed by atoms with E-state index in [4.69, 9.17) is 21.3 Å². The molecule has 1 amide bonds. The molecule has 0 aliphatic carbocycles. The van der Waals surface area contributed by atoms with Gasteiger partial charge in [-0.1, -0.05) is 54.1 Å². The third-order valence-electron chi connectivity index (χ3n) is 5.65. The second kappa shape index (κ2) is 8.44. The Labute approximate surface area is 185 Å². The molecule has 4 aromatic rings. The topological polar surface area (TPSA) is 47.4 Å². The summed E-state index contributed by atoms with van der Waals surface area (Å²) in [6, 6.07) is 25.3. The van der Waals surface area contributed by atoms with Crippen LogP contribution < -0.4 is 9.64 Å². The molecule has 1 fully saturated rings. The van der Waals surface area contributed by atoms with Crippen LogP contribution in [-0.4, -0.2) is 28.6 Å². The van der Waals surface area contributed by atoms with Crippen LogP contribution in [0.1, 0.15) is 18.2 Å². The van der Waals surface area contributed by atoms with Gasteiger partial charge in [-0.15, -0.1) is 0 Å². The number of halogens is 1. The standard InChI is InChI=1S/C25H22ClN3O2/c26-20-10-4-7-13-23(20)31-15-14-28-22-12-6-5-11-21(22)27-25(28)18-16-24(30)29(17-18)19-8-2-1-3-9-19/h1-13,18H,14-17H2. The monoisotopic (exact) mass is 431 g/mol. The molecule has 1 aliphatic rings. The molecule has 2 heterocycles. The van der Waals surface area contributed by atoms with Gasteiger partial charge in [0.05, 0.1) is 22.6 Å². The second-order valence-corrected chi connectivity index (χ2v) is 8.04. The number of benzene rings is 3. The highest BCUT2D eigenvalue weighted by atomic mass is 35.5. The highest BCUT2D eigenvalue weighted by Crippen LogP contribution is 2.33. The van der Waals surface area contributed by atoms with Crippen molar-refractivity contribution in [3.8, 4) is 5.75 Å². The van der Waals surface area contributed by atoms with Gasteiger partial charge in [-0.05, 0) is 36.4 Å². The molecule has 0 radical (unpaired) electrons. The van der Waals surface area contributed by atoms with E-state index in [-0.39, 0.29) is 11.8 Å². The maximum absolute atomic E-state index is 12.8. The summed E-state index contributed by atoms with van der Waals surface area (Å²) in [5.74, 6) is 1.75. The summed E-state index contributed by atoms with van der Waals surface area (Å²) in [5, 5.41) is 0.595. The number of hydrogen-bond donors (Lipinski definition) is 0. The highest BCUT2D eigenvalue weighted by molar-refractivity contribution is 6.32. The van der Waals surface area contributed by atoms with E-state index in [9.17, 15) is 4.79 Å². The summed E-state index contributed by atoms with van der Waals surface area (Å²) < 4.78 is 8.11. The van der Waals surface area contributed by atoms with Crippen LogP contribution >= 0.6 is 11.6 Å². The van der Waals surface area contributed by atoms with Crippen LogP contribution in [0, 0.1) is 0 Å². The number of fused-ring (bicyclic) bond motifs is 1. The smallest absolute Gasteiger partial charge is 0.227 e. The van der Waals surface area contributed by atoms with Gasteiger partial charge < -0.3 is 14.2 Å². The van der Waals surface area contributed by atoms with Crippen LogP contribution in [0.25, 0.3) is 11.0 Å². The van der Waals surface area contributed by atoms with E-state index in [1.54, 1.807) is 0 Å². The summed E-state index contributed by atoms with van der Waals surface area (Å²) >= 11 is 6.22. The SMILES string of the molecule is O=C1CC(c2nc3ccccc3n2CCOc2ccccc2Cl)CN1c1ccccc1. The van der Waals surface area contributed by atoms with E-state index < -0.39 is 0 Å². The fraction of sp³-hybridized carbons (Fsp3) is 0.200. The number of carbonyl (C=O) groups excluding carboxylic acids is 1. The minimum Gasteiger partial charge on any atom is -0.490 e. The van der Waals surface area contributed by atoms with Crippen molar-refractivity contribution < 1.29 is 9.53 Å². The number of hydrogen-bond acceptors (Lipinski definition) is 3. The first-order valence-corrected chi connectivity index (χ1v) is 10.8. The van der Waals surface area contributed by atoms with Crippen LogP contribution in [0.5, 0.6) is 5.75 Å². The van der Waals surface area contributed by atoms with Crippen LogP contribution in [0.4, 0.5) is 5.69 Å².